The van der Waals surface area contributed by atoms with Crippen molar-refractivity contribution < 1.29 is 23.4 Å². The zero-order chi connectivity index (χ0) is 19.7. The number of aromatic hydroxyl groups is 1. The highest BCUT2D eigenvalue weighted by Gasteiger charge is 2.18. The molecule has 0 saturated carbocycles. The summed E-state index contributed by atoms with van der Waals surface area (Å²) in [5, 5.41) is 11.0. The number of hydrogen-bond acceptors (Lipinski definition) is 7. The Hall–Kier alpha value is -2.77. The molecule has 7 nitrogen and oxygen atoms in total. The molecule has 0 amide bonds. The molecule has 1 aliphatic rings. The number of ether oxygens (including phenoxy) is 2. The van der Waals surface area contributed by atoms with Crippen molar-refractivity contribution in [3.63, 3.8) is 0 Å². The van der Waals surface area contributed by atoms with Gasteiger partial charge in [-0.3, -0.25) is 4.90 Å². The first-order chi connectivity index (χ1) is 13.5. The molecular weight excluding hydrogens is 362 g/mol. The Bertz CT molecular complexity index is 1040. The van der Waals surface area contributed by atoms with Crippen LogP contribution in [0.3, 0.4) is 0 Å². The van der Waals surface area contributed by atoms with Crippen LogP contribution in [0.2, 0.25) is 0 Å². The van der Waals surface area contributed by atoms with E-state index < -0.39 is 5.63 Å². The fourth-order valence-electron chi connectivity index (χ4n) is 3.31. The molecule has 3 heterocycles. The summed E-state index contributed by atoms with van der Waals surface area (Å²) in [6, 6.07) is 7.35. The van der Waals surface area contributed by atoms with Gasteiger partial charge in [0.25, 0.3) is 0 Å². The Morgan fingerprint density at radius 1 is 1.11 bits per heavy atom. The second-order valence-corrected chi connectivity index (χ2v) is 6.93. The number of fused-ring (bicyclic) bond motifs is 1. The van der Waals surface area contributed by atoms with E-state index in [1.807, 2.05) is 18.2 Å². The third kappa shape index (κ3) is 3.63. The molecule has 4 rings (SSSR count). The molecule has 1 aromatic carbocycles. The van der Waals surface area contributed by atoms with Gasteiger partial charge in [0, 0.05) is 30.6 Å². The first kappa shape index (κ1) is 18.6. The molecule has 0 bridgehead atoms. The summed E-state index contributed by atoms with van der Waals surface area (Å²) in [6.45, 7) is 8.07. The van der Waals surface area contributed by atoms with E-state index >= 15 is 0 Å². The maximum absolute atomic E-state index is 11.9. The smallest absolute Gasteiger partial charge is 0.343 e. The lowest BCUT2D eigenvalue weighted by atomic mass is 10.1. The summed E-state index contributed by atoms with van der Waals surface area (Å²) < 4.78 is 22.4. The van der Waals surface area contributed by atoms with E-state index in [-0.39, 0.29) is 17.1 Å². The highest BCUT2D eigenvalue weighted by Crippen LogP contribution is 2.34. The molecule has 1 aliphatic heterocycles. The first-order valence-corrected chi connectivity index (χ1v) is 9.33. The zero-order valence-corrected chi connectivity index (χ0v) is 16.0. The largest absolute Gasteiger partial charge is 0.507 e. The minimum atomic E-state index is -0.578. The number of morpholine rings is 1. The Labute approximate surface area is 162 Å². The average Bonchev–Trinajstić information content (AvgIpc) is 3.13. The van der Waals surface area contributed by atoms with E-state index in [9.17, 15) is 9.90 Å². The van der Waals surface area contributed by atoms with Crippen molar-refractivity contribution in [2.24, 2.45) is 0 Å². The van der Waals surface area contributed by atoms with E-state index in [0.29, 0.717) is 23.5 Å². The van der Waals surface area contributed by atoms with E-state index in [0.717, 1.165) is 44.0 Å². The summed E-state index contributed by atoms with van der Waals surface area (Å²) in [5.41, 5.74) is 0.731. The molecule has 3 aromatic rings. The van der Waals surface area contributed by atoms with Crippen LogP contribution < -0.4 is 10.4 Å². The van der Waals surface area contributed by atoms with Gasteiger partial charge in [0.2, 0.25) is 0 Å². The van der Waals surface area contributed by atoms with Crippen molar-refractivity contribution >= 4 is 11.0 Å². The van der Waals surface area contributed by atoms with Gasteiger partial charge in [-0.15, -0.1) is 0 Å². The number of nitrogens with zero attached hydrogens (tertiary/aromatic N) is 1. The van der Waals surface area contributed by atoms with E-state index in [2.05, 4.69) is 4.90 Å². The standard InChI is InChI=1S/C21H23NO6/c1-13-19(23)14(2)21(24)28-20(13)18-12-15-11-16(3-4-17(15)27-18)26-10-7-22-5-8-25-9-6-22/h3-4,11-12,23H,5-10H2,1-2H3. The molecule has 1 N–H and O–H groups in total. The topological polar surface area (TPSA) is 85.3 Å². The van der Waals surface area contributed by atoms with Crippen molar-refractivity contribution in [2.45, 2.75) is 13.8 Å². The fourth-order valence-corrected chi connectivity index (χ4v) is 3.31. The molecule has 0 spiro atoms. The summed E-state index contributed by atoms with van der Waals surface area (Å²) in [4.78, 5) is 14.2. The zero-order valence-electron chi connectivity index (χ0n) is 16.0. The van der Waals surface area contributed by atoms with E-state index in [1.54, 1.807) is 13.0 Å². The third-order valence-electron chi connectivity index (χ3n) is 5.04. The second-order valence-electron chi connectivity index (χ2n) is 6.93. The van der Waals surface area contributed by atoms with Crippen LogP contribution in [0.4, 0.5) is 0 Å². The van der Waals surface area contributed by atoms with Crippen LogP contribution >= 0.6 is 0 Å². The van der Waals surface area contributed by atoms with Crippen molar-refractivity contribution in [3.8, 4) is 23.0 Å². The monoisotopic (exact) mass is 385 g/mol. The van der Waals surface area contributed by atoms with Crippen molar-refractivity contribution in [2.75, 3.05) is 39.5 Å². The van der Waals surface area contributed by atoms with Gasteiger partial charge < -0.3 is 23.4 Å². The van der Waals surface area contributed by atoms with Crippen LogP contribution in [0.5, 0.6) is 11.5 Å². The molecule has 7 heteroatoms. The SMILES string of the molecule is Cc1c(-c2cc3cc(OCCN4CCOCC4)ccc3o2)oc(=O)c(C)c1O. The molecule has 0 radical (unpaired) electrons. The lowest BCUT2D eigenvalue weighted by Crippen LogP contribution is -2.38. The van der Waals surface area contributed by atoms with Crippen molar-refractivity contribution in [1.82, 2.24) is 4.90 Å². The Morgan fingerprint density at radius 2 is 1.89 bits per heavy atom. The quantitative estimate of drug-likeness (QED) is 0.722. The maximum Gasteiger partial charge on any atom is 0.343 e. The molecule has 0 atom stereocenters. The second kappa shape index (κ2) is 7.69. The minimum Gasteiger partial charge on any atom is -0.507 e. The van der Waals surface area contributed by atoms with Crippen LogP contribution in [0.25, 0.3) is 22.5 Å². The molecule has 1 fully saturated rings. The summed E-state index contributed by atoms with van der Waals surface area (Å²) in [6.07, 6.45) is 0. The van der Waals surface area contributed by atoms with Gasteiger partial charge in [0.1, 0.15) is 23.7 Å². The third-order valence-corrected chi connectivity index (χ3v) is 5.04. The number of furan rings is 1. The Morgan fingerprint density at radius 3 is 2.68 bits per heavy atom. The van der Waals surface area contributed by atoms with E-state index in [1.165, 1.54) is 6.92 Å². The molecular formula is C21H23NO6. The van der Waals surface area contributed by atoms with Crippen molar-refractivity contribution in [1.29, 1.82) is 0 Å². The van der Waals surface area contributed by atoms with Crippen molar-refractivity contribution in [3.05, 3.63) is 45.8 Å². The summed E-state index contributed by atoms with van der Waals surface area (Å²) in [7, 11) is 0. The van der Waals surface area contributed by atoms with Gasteiger partial charge >= 0.3 is 5.63 Å². The van der Waals surface area contributed by atoms with Crippen LogP contribution in [-0.2, 0) is 4.74 Å². The van der Waals surface area contributed by atoms with E-state index in [4.69, 9.17) is 18.3 Å². The lowest BCUT2D eigenvalue weighted by Gasteiger charge is -2.26. The van der Waals surface area contributed by atoms with Gasteiger partial charge in [-0.05, 0) is 38.1 Å². The first-order valence-electron chi connectivity index (χ1n) is 9.33. The fraction of sp³-hybridized carbons (Fsp3) is 0.381. The van der Waals surface area contributed by atoms with Gasteiger partial charge in [0.15, 0.2) is 11.5 Å². The highest BCUT2D eigenvalue weighted by atomic mass is 16.5. The molecule has 28 heavy (non-hydrogen) atoms. The van der Waals surface area contributed by atoms with Gasteiger partial charge in [-0.25, -0.2) is 4.79 Å². The molecule has 1 saturated heterocycles. The van der Waals surface area contributed by atoms with Crippen LogP contribution in [0.15, 0.2) is 37.9 Å². The molecule has 2 aromatic heterocycles. The molecule has 0 aliphatic carbocycles. The summed E-state index contributed by atoms with van der Waals surface area (Å²) >= 11 is 0. The highest BCUT2D eigenvalue weighted by molar-refractivity contribution is 5.83. The number of rotatable bonds is 5. The Balaban J connectivity index is 1.53. The molecule has 0 unspecified atom stereocenters. The van der Waals surface area contributed by atoms with Crippen LogP contribution in [0.1, 0.15) is 11.1 Å². The minimum absolute atomic E-state index is 0.0705. The average molecular weight is 385 g/mol. The van der Waals surface area contributed by atoms with Crippen LogP contribution in [0, 0.1) is 13.8 Å². The maximum atomic E-state index is 11.9. The van der Waals surface area contributed by atoms with Gasteiger partial charge in [-0.1, -0.05) is 0 Å². The lowest BCUT2D eigenvalue weighted by molar-refractivity contribution is 0.0322. The Kier molecular flexibility index (Phi) is 5.11. The van der Waals surface area contributed by atoms with Crippen LogP contribution in [-0.4, -0.2) is 49.5 Å². The summed E-state index contributed by atoms with van der Waals surface area (Å²) in [5.74, 6) is 1.31. The number of hydrogen-bond donors (Lipinski definition) is 1. The normalized spacial score (nSPS) is 15.2. The van der Waals surface area contributed by atoms with Gasteiger partial charge in [-0.2, -0.15) is 0 Å². The number of benzene rings is 1. The predicted molar refractivity (Wildman–Crippen MR) is 104 cm³/mol. The van der Waals surface area contributed by atoms with Gasteiger partial charge in [0.05, 0.1) is 18.8 Å². The molecule has 148 valence electrons. The predicted octanol–water partition coefficient (Wildman–Crippen LogP) is 3.09.